The van der Waals surface area contributed by atoms with Crippen molar-refractivity contribution >= 4 is 33.2 Å². The van der Waals surface area contributed by atoms with Gasteiger partial charge >= 0.3 is 0 Å². The third-order valence-electron chi connectivity index (χ3n) is 2.43. The first-order valence-electron chi connectivity index (χ1n) is 5.25. The highest BCUT2D eigenvalue weighted by Gasteiger charge is 1.98. The van der Waals surface area contributed by atoms with Gasteiger partial charge in [-0.2, -0.15) is 0 Å². The van der Waals surface area contributed by atoms with E-state index in [2.05, 4.69) is 26.2 Å². The monoisotopic (exact) mass is 310 g/mol. The van der Waals surface area contributed by atoms with Crippen molar-refractivity contribution in [1.82, 2.24) is 4.98 Å². The number of rotatable bonds is 3. The molecular formula is C13H12BrClN2. The highest BCUT2D eigenvalue weighted by atomic mass is 79.9. The lowest BCUT2D eigenvalue weighted by atomic mass is 10.2. The Bertz CT molecular complexity index is 511. The Morgan fingerprint density at radius 2 is 2.12 bits per heavy atom. The largest absolute Gasteiger partial charge is 0.379 e. The minimum absolute atomic E-state index is 0.687. The summed E-state index contributed by atoms with van der Waals surface area (Å²) in [5.41, 5.74) is 3.08. The van der Waals surface area contributed by atoms with Gasteiger partial charge in [-0.05, 0) is 52.7 Å². The van der Waals surface area contributed by atoms with Crippen LogP contribution in [0.2, 0.25) is 5.02 Å². The molecule has 1 aromatic carbocycles. The Balaban J connectivity index is 2.02. The Morgan fingerprint density at radius 3 is 2.76 bits per heavy atom. The van der Waals surface area contributed by atoms with Gasteiger partial charge in [-0.3, -0.25) is 4.98 Å². The molecule has 88 valence electrons. The van der Waals surface area contributed by atoms with Crippen molar-refractivity contribution < 1.29 is 0 Å². The van der Waals surface area contributed by atoms with E-state index < -0.39 is 0 Å². The third-order valence-corrected chi connectivity index (χ3v) is 3.31. The molecule has 1 N–H and O–H groups in total. The quantitative estimate of drug-likeness (QED) is 0.907. The summed E-state index contributed by atoms with van der Waals surface area (Å²) < 4.78 is 0.986. The summed E-state index contributed by atoms with van der Waals surface area (Å²) in [5.74, 6) is 0. The van der Waals surface area contributed by atoms with Crippen molar-refractivity contribution in [3.63, 3.8) is 0 Å². The Morgan fingerprint density at radius 1 is 1.29 bits per heavy atom. The van der Waals surface area contributed by atoms with Crippen LogP contribution in [0.25, 0.3) is 0 Å². The second-order valence-electron chi connectivity index (χ2n) is 3.79. The molecule has 0 aliphatic carbocycles. The predicted octanol–water partition coefficient (Wildman–Crippen LogP) is 4.42. The normalized spacial score (nSPS) is 10.3. The van der Waals surface area contributed by atoms with E-state index in [9.17, 15) is 0 Å². The first-order valence-corrected chi connectivity index (χ1v) is 6.43. The average Bonchev–Trinajstić information content (AvgIpc) is 2.33. The van der Waals surface area contributed by atoms with E-state index in [1.807, 2.05) is 37.3 Å². The van der Waals surface area contributed by atoms with Gasteiger partial charge in [0, 0.05) is 21.4 Å². The van der Waals surface area contributed by atoms with E-state index in [0.29, 0.717) is 6.54 Å². The molecule has 17 heavy (non-hydrogen) atoms. The number of hydrogen-bond donors (Lipinski definition) is 1. The van der Waals surface area contributed by atoms with Gasteiger partial charge in [0.1, 0.15) is 0 Å². The van der Waals surface area contributed by atoms with Crippen LogP contribution in [0.5, 0.6) is 0 Å². The van der Waals surface area contributed by atoms with E-state index in [1.165, 1.54) is 0 Å². The molecule has 0 radical (unpaired) electrons. The highest BCUT2D eigenvalue weighted by molar-refractivity contribution is 9.10. The minimum atomic E-state index is 0.687. The summed E-state index contributed by atoms with van der Waals surface area (Å²) >= 11 is 9.41. The summed E-state index contributed by atoms with van der Waals surface area (Å²) in [6, 6.07) is 9.90. The van der Waals surface area contributed by atoms with Crippen molar-refractivity contribution in [1.29, 1.82) is 0 Å². The Kier molecular flexibility index (Phi) is 4.02. The SMILES string of the molecule is Cc1ccc(NCc2ccc(Br)cn2)cc1Cl. The fraction of sp³-hybridized carbons (Fsp3) is 0.154. The summed E-state index contributed by atoms with van der Waals surface area (Å²) in [5, 5.41) is 4.06. The van der Waals surface area contributed by atoms with E-state index in [0.717, 1.165) is 26.4 Å². The van der Waals surface area contributed by atoms with Crippen LogP contribution in [-0.2, 0) is 6.54 Å². The molecule has 1 heterocycles. The van der Waals surface area contributed by atoms with E-state index in [1.54, 1.807) is 6.20 Å². The standard InChI is InChI=1S/C13H12BrClN2/c1-9-2-4-11(6-13(9)15)17-8-12-5-3-10(14)7-16-12/h2-7,17H,8H2,1H3. The number of hydrogen-bond acceptors (Lipinski definition) is 2. The average molecular weight is 312 g/mol. The van der Waals surface area contributed by atoms with Gasteiger partial charge in [0.15, 0.2) is 0 Å². The number of aromatic nitrogens is 1. The van der Waals surface area contributed by atoms with Crippen LogP contribution >= 0.6 is 27.5 Å². The minimum Gasteiger partial charge on any atom is -0.379 e. The van der Waals surface area contributed by atoms with Crippen LogP contribution < -0.4 is 5.32 Å². The summed E-state index contributed by atoms with van der Waals surface area (Å²) in [6.07, 6.45) is 1.79. The van der Waals surface area contributed by atoms with E-state index in [4.69, 9.17) is 11.6 Å². The zero-order valence-electron chi connectivity index (χ0n) is 9.37. The lowest BCUT2D eigenvalue weighted by Crippen LogP contribution is -2.01. The molecule has 4 heteroatoms. The summed E-state index contributed by atoms with van der Waals surface area (Å²) in [4.78, 5) is 4.29. The van der Waals surface area contributed by atoms with Crippen LogP contribution in [-0.4, -0.2) is 4.98 Å². The van der Waals surface area contributed by atoms with Gasteiger partial charge in [-0.15, -0.1) is 0 Å². The van der Waals surface area contributed by atoms with Crippen molar-refractivity contribution in [2.24, 2.45) is 0 Å². The summed E-state index contributed by atoms with van der Waals surface area (Å²) in [7, 11) is 0. The lowest BCUT2D eigenvalue weighted by molar-refractivity contribution is 1.04. The molecule has 0 fully saturated rings. The molecular weight excluding hydrogens is 300 g/mol. The molecule has 0 saturated heterocycles. The molecule has 0 aliphatic rings. The fourth-order valence-electron chi connectivity index (χ4n) is 1.41. The number of nitrogens with zero attached hydrogens (tertiary/aromatic N) is 1. The van der Waals surface area contributed by atoms with Crippen molar-refractivity contribution in [3.05, 3.63) is 57.3 Å². The summed E-state index contributed by atoms with van der Waals surface area (Å²) in [6.45, 7) is 2.68. The molecule has 0 unspecified atom stereocenters. The number of aryl methyl sites for hydroxylation is 1. The van der Waals surface area contributed by atoms with Crippen LogP contribution in [0, 0.1) is 6.92 Å². The number of halogens is 2. The number of benzene rings is 1. The first-order chi connectivity index (χ1) is 8.15. The van der Waals surface area contributed by atoms with E-state index >= 15 is 0 Å². The highest BCUT2D eigenvalue weighted by Crippen LogP contribution is 2.20. The Labute approximate surface area is 114 Å². The fourth-order valence-corrected chi connectivity index (χ4v) is 1.82. The maximum atomic E-state index is 6.05. The van der Waals surface area contributed by atoms with Gasteiger partial charge in [-0.25, -0.2) is 0 Å². The van der Waals surface area contributed by atoms with Crippen molar-refractivity contribution in [2.45, 2.75) is 13.5 Å². The van der Waals surface area contributed by atoms with Gasteiger partial charge in [-0.1, -0.05) is 17.7 Å². The molecule has 0 spiro atoms. The maximum absolute atomic E-state index is 6.05. The zero-order valence-corrected chi connectivity index (χ0v) is 11.7. The molecule has 2 aromatic rings. The van der Waals surface area contributed by atoms with Crippen LogP contribution in [0.3, 0.4) is 0 Å². The van der Waals surface area contributed by atoms with Crippen LogP contribution in [0.15, 0.2) is 41.0 Å². The van der Waals surface area contributed by atoms with Crippen molar-refractivity contribution in [2.75, 3.05) is 5.32 Å². The second-order valence-corrected chi connectivity index (χ2v) is 5.11. The molecule has 2 nitrogen and oxygen atoms in total. The number of pyridine rings is 1. The molecule has 0 bridgehead atoms. The topological polar surface area (TPSA) is 24.9 Å². The second kappa shape index (κ2) is 5.52. The smallest absolute Gasteiger partial charge is 0.0595 e. The number of nitrogens with one attached hydrogen (secondary N) is 1. The van der Waals surface area contributed by atoms with Gasteiger partial charge in [0.05, 0.1) is 12.2 Å². The number of anilines is 1. The van der Waals surface area contributed by atoms with Gasteiger partial charge in [0.25, 0.3) is 0 Å². The third kappa shape index (κ3) is 3.45. The molecule has 2 rings (SSSR count). The van der Waals surface area contributed by atoms with E-state index in [-0.39, 0.29) is 0 Å². The molecule has 0 saturated carbocycles. The molecule has 0 atom stereocenters. The molecule has 1 aromatic heterocycles. The zero-order chi connectivity index (χ0) is 12.3. The van der Waals surface area contributed by atoms with Gasteiger partial charge < -0.3 is 5.32 Å². The van der Waals surface area contributed by atoms with Crippen molar-refractivity contribution in [3.8, 4) is 0 Å². The predicted molar refractivity (Wildman–Crippen MR) is 75.5 cm³/mol. The van der Waals surface area contributed by atoms with Crippen LogP contribution in [0.1, 0.15) is 11.3 Å². The lowest BCUT2D eigenvalue weighted by Gasteiger charge is -2.07. The maximum Gasteiger partial charge on any atom is 0.0595 e. The first kappa shape index (κ1) is 12.4. The van der Waals surface area contributed by atoms with Crippen LogP contribution in [0.4, 0.5) is 5.69 Å². The molecule has 0 aliphatic heterocycles. The van der Waals surface area contributed by atoms with Gasteiger partial charge in [0.2, 0.25) is 0 Å². The molecule has 0 amide bonds. The Hall–Kier alpha value is -1.06.